The van der Waals surface area contributed by atoms with Crippen LogP contribution in [-0.2, 0) is 0 Å². The zero-order valence-electron chi connectivity index (χ0n) is 6.78. The number of rotatable bonds is 0. The van der Waals surface area contributed by atoms with E-state index in [1.54, 1.807) is 12.3 Å². The zero-order valence-corrected chi connectivity index (χ0v) is 8.78. The van der Waals surface area contributed by atoms with Crippen molar-refractivity contribution >= 4 is 41.6 Å². The molecule has 1 heterocycles. The van der Waals surface area contributed by atoms with E-state index in [1.165, 1.54) is 2.81 Å². The number of benzene rings is 1. The fourth-order valence-corrected chi connectivity index (χ4v) is 1.87. The molecule has 0 bridgehead atoms. The molecule has 2 aromatic rings. The number of fused-ring (bicyclic) bond motifs is 1. The van der Waals surface area contributed by atoms with Crippen LogP contribution in [0.5, 0.6) is 5.75 Å². The van der Waals surface area contributed by atoms with Gasteiger partial charge in [0.15, 0.2) is 0 Å². The van der Waals surface area contributed by atoms with Gasteiger partial charge < -0.3 is 0 Å². The van der Waals surface area contributed by atoms with Crippen molar-refractivity contribution in [2.75, 3.05) is 0 Å². The first kappa shape index (κ1) is 8.05. The molecule has 3 heteroatoms. The number of aromatic nitrogens is 1. The molecule has 0 aliphatic rings. The summed E-state index contributed by atoms with van der Waals surface area (Å²) in [6.45, 7) is 0. The summed E-state index contributed by atoms with van der Waals surface area (Å²) >= 11 is 0.984. The van der Waals surface area contributed by atoms with Gasteiger partial charge >= 0.3 is 87.9 Å². The Morgan fingerprint density at radius 1 is 1.25 bits per heavy atom. The molecular formula is C9H6NNaO. The fraction of sp³-hybridized carbons (Fsp3) is 0. The van der Waals surface area contributed by atoms with E-state index < -0.39 is 0 Å². The Labute approximate surface area is 87.7 Å². The Balaban J connectivity index is 2.95. The van der Waals surface area contributed by atoms with Gasteiger partial charge in [0.25, 0.3) is 0 Å². The van der Waals surface area contributed by atoms with Gasteiger partial charge in [0, 0.05) is 0 Å². The summed E-state index contributed by atoms with van der Waals surface area (Å²) in [6, 6.07) is 7.54. The van der Waals surface area contributed by atoms with E-state index in [0.717, 1.165) is 33.3 Å². The summed E-state index contributed by atoms with van der Waals surface area (Å²) in [5, 5.41) is 10.5. The number of hydrogen-bond donors (Lipinski definition) is 1. The van der Waals surface area contributed by atoms with Crippen LogP contribution < -0.4 is 2.81 Å². The minimum absolute atomic E-state index is 0.269. The van der Waals surface area contributed by atoms with Crippen molar-refractivity contribution in [3.05, 3.63) is 30.5 Å². The average molecular weight is 167 g/mol. The van der Waals surface area contributed by atoms with Crippen LogP contribution >= 0.6 is 0 Å². The minimum atomic E-state index is 0.269. The molecule has 2 rings (SSSR count). The maximum atomic E-state index is 9.45. The Morgan fingerprint density at radius 3 is 2.83 bits per heavy atom. The first-order chi connectivity index (χ1) is 5.79. The Hall–Kier alpha value is -0.570. The summed E-state index contributed by atoms with van der Waals surface area (Å²) in [7, 11) is 0. The molecule has 0 fully saturated rings. The van der Waals surface area contributed by atoms with Crippen LogP contribution in [0.2, 0.25) is 0 Å². The molecular weight excluding hydrogens is 161 g/mol. The number of phenolic OH excluding ortho intramolecular Hbond substituents is 1. The van der Waals surface area contributed by atoms with E-state index in [0.29, 0.717) is 5.52 Å². The SMILES string of the molecule is Oc1cc[c]([Na])c2cccnc12. The van der Waals surface area contributed by atoms with Crippen molar-refractivity contribution in [2.24, 2.45) is 0 Å². The number of nitrogens with zero attached hydrogens (tertiary/aromatic N) is 1. The third-order valence-corrected chi connectivity index (χ3v) is 2.84. The van der Waals surface area contributed by atoms with Crippen LogP contribution in [0.3, 0.4) is 0 Å². The molecule has 0 aliphatic heterocycles. The standard InChI is InChI=1S/C9H6NO.Na/c11-8-5-1-3-7-4-2-6-10-9(7)8;/h1-2,4-6,11H;. The molecule has 0 unspecified atom stereocenters. The normalized spacial score (nSPS) is 10.5. The predicted octanol–water partition coefficient (Wildman–Crippen LogP) is 0.734. The predicted molar refractivity (Wildman–Crippen MR) is 48.8 cm³/mol. The van der Waals surface area contributed by atoms with E-state index in [9.17, 15) is 5.11 Å². The molecule has 1 aromatic carbocycles. The number of phenols is 1. The molecule has 1 N–H and O–H groups in total. The first-order valence-corrected chi connectivity index (χ1v) is 4.82. The molecule has 0 amide bonds. The second-order valence-corrected chi connectivity index (χ2v) is 3.88. The van der Waals surface area contributed by atoms with E-state index in [2.05, 4.69) is 4.98 Å². The van der Waals surface area contributed by atoms with E-state index >= 15 is 0 Å². The van der Waals surface area contributed by atoms with Gasteiger partial charge in [-0.1, -0.05) is 0 Å². The van der Waals surface area contributed by atoms with Gasteiger partial charge in [-0.3, -0.25) is 0 Å². The van der Waals surface area contributed by atoms with Crippen LogP contribution in [0.1, 0.15) is 0 Å². The molecule has 12 heavy (non-hydrogen) atoms. The topological polar surface area (TPSA) is 33.1 Å². The molecule has 54 valence electrons. The van der Waals surface area contributed by atoms with Gasteiger partial charge in [0.2, 0.25) is 0 Å². The first-order valence-electron chi connectivity index (χ1n) is 3.82. The van der Waals surface area contributed by atoms with Crippen molar-refractivity contribution in [1.29, 1.82) is 0 Å². The second kappa shape index (κ2) is 3.05. The third-order valence-electron chi connectivity index (χ3n) is 1.97. The number of aromatic hydroxyl groups is 1. The molecule has 0 radical (unpaired) electrons. The molecule has 2 nitrogen and oxygen atoms in total. The van der Waals surface area contributed by atoms with Gasteiger partial charge in [-0.25, -0.2) is 0 Å². The van der Waals surface area contributed by atoms with Crippen LogP contribution in [-0.4, -0.2) is 38.0 Å². The quantitative estimate of drug-likeness (QED) is 0.587. The van der Waals surface area contributed by atoms with Crippen LogP contribution in [0.25, 0.3) is 10.9 Å². The second-order valence-electron chi connectivity index (χ2n) is 2.80. The number of hydrogen-bond acceptors (Lipinski definition) is 2. The fourth-order valence-electron chi connectivity index (χ4n) is 1.30. The third kappa shape index (κ3) is 1.22. The average Bonchev–Trinajstić information content (AvgIpc) is 2.12. The van der Waals surface area contributed by atoms with Gasteiger partial charge in [0.05, 0.1) is 0 Å². The summed E-state index contributed by atoms with van der Waals surface area (Å²) in [4.78, 5) is 4.11. The van der Waals surface area contributed by atoms with Gasteiger partial charge in [-0.05, 0) is 0 Å². The van der Waals surface area contributed by atoms with Gasteiger partial charge in [-0.2, -0.15) is 0 Å². The Morgan fingerprint density at radius 2 is 2.08 bits per heavy atom. The molecule has 0 aliphatic carbocycles. The molecule has 0 atom stereocenters. The summed E-state index contributed by atoms with van der Waals surface area (Å²) in [5.74, 6) is 0.269. The molecule has 0 saturated heterocycles. The van der Waals surface area contributed by atoms with Crippen molar-refractivity contribution in [3.63, 3.8) is 0 Å². The van der Waals surface area contributed by atoms with Crippen LogP contribution in [0, 0.1) is 0 Å². The van der Waals surface area contributed by atoms with E-state index in [-0.39, 0.29) is 5.75 Å². The van der Waals surface area contributed by atoms with Crippen LogP contribution in [0.4, 0.5) is 0 Å². The number of pyridine rings is 1. The van der Waals surface area contributed by atoms with Crippen molar-refractivity contribution in [1.82, 2.24) is 4.98 Å². The Bertz CT molecular complexity index is 387. The van der Waals surface area contributed by atoms with Gasteiger partial charge in [0.1, 0.15) is 0 Å². The van der Waals surface area contributed by atoms with Crippen molar-refractivity contribution in [2.45, 2.75) is 0 Å². The monoisotopic (exact) mass is 167 g/mol. The summed E-state index contributed by atoms with van der Waals surface area (Å²) in [5.41, 5.74) is 0.713. The van der Waals surface area contributed by atoms with Crippen LogP contribution in [0.15, 0.2) is 30.5 Å². The summed E-state index contributed by atoms with van der Waals surface area (Å²) in [6.07, 6.45) is 1.70. The van der Waals surface area contributed by atoms with Crippen molar-refractivity contribution < 1.29 is 5.11 Å². The summed E-state index contributed by atoms with van der Waals surface area (Å²) < 4.78 is 1.27. The Kier molecular flexibility index (Phi) is 2.05. The molecule has 0 spiro atoms. The van der Waals surface area contributed by atoms with E-state index in [4.69, 9.17) is 0 Å². The molecule has 1 aromatic heterocycles. The zero-order chi connectivity index (χ0) is 8.55. The van der Waals surface area contributed by atoms with E-state index in [1.807, 2.05) is 18.2 Å². The van der Waals surface area contributed by atoms with Crippen molar-refractivity contribution in [3.8, 4) is 5.75 Å². The maximum absolute atomic E-state index is 9.45. The van der Waals surface area contributed by atoms with Gasteiger partial charge in [-0.15, -0.1) is 0 Å². The molecule has 0 saturated carbocycles.